The number of ether oxygens (including phenoxy) is 3. The molecule has 0 aromatic heterocycles. The first-order valence-corrected chi connectivity index (χ1v) is 13.7. The molecule has 0 radical (unpaired) electrons. The zero-order valence-electron chi connectivity index (χ0n) is 23.0. The van der Waals surface area contributed by atoms with Gasteiger partial charge in [0.25, 0.3) is 0 Å². The number of rotatable bonds is 4. The van der Waals surface area contributed by atoms with Gasteiger partial charge in [-0.05, 0) is 47.6 Å². The van der Waals surface area contributed by atoms with Crippen LogP contribution in [0.3, 0.4) is 0 Å². The number of phenols is 2. The summed E-state index contributed by atoms with van der Waals surface area (Å²) in [5.74, 6) is -3.19. The Morgan fingerprint density at radius 2 is 1.37 bits per heavy atom. The fraction of sp³-hybridized carbons (Fsp3) is 0.333. The molecule has 0 spiro atoms. The molecule has 0 saturated carbocycles. The van der Waals surface area contributed by atoms with Crippen molar-refractivity contribution < 1.29 is 39.1 Å². The fourth-order valence-corrected chi connectivity index (χ4v) is 7.03. The second-order valence-electron chi connectivity index (χ2n) is 10.8. The van der Waals surface area contributed by atoms with Gasteiger partial charge in [-0.15, -0.1) is 0 Å². The number of carbonyl (C=O) groups excluding carboxylic acids is 2. The van der Waals surface area contributed by atoms with E-state index in [0.717, 1.165) is 0 Å². The van der Waals surface area contributed by atoms with Crippen LogP contribution in [0.2, 0.25) is 15.1 Å². The van der Waals surface area contributed by atoms with E-state index in [1.165, 1.54) is 33.5 Å². The zero-order valence-corrected chi connectivity index (χ0v) is 25.3. The summed E-state index contributed by atoms with van der Waals surface area (Å²) in [5, 5.41) is 33.3. The van der Waals surface area contributed by atoms with E-state index in [9.17, 15) is 24.9 Å². The lowest BCUT2D eigenvalue weighted by Gasteiger charge is -2.51. The van der Waals surface area contributed by atoms with E-state index in [4.69, 9.17) is 49.0 Å². The predicted molar refractivity (Wildman–Crippen MR) is 155 cm³/mol. The van der Waals surface area contributed by atoms with Gasteiger partial charge in [0.2, 0.25) is 11.6 Å². The molecule has 0 fully saturated rings. The maximum Gasteiger partial charge on any atom is 0.206 e. The zero-order chi connectivity index (χ0) is 30.3. The van der Waals surface area contributed by atoms with Crippen LogP contribution in [0.5, 0.6) is 28.7 Å². The summed E-state index contributed by atoms with van der Waals surface area (Å²) in [7, 11) is 4.34. The Morgan fingerprint density at radius 3 is 1.95 bits per heavy atom. The van der Waals surface area contributed by atoms with Gasteiger partial charge >= 0.3 is 0 Å². The van der Waals surface area contributed by atoms with Crippen LogP contribution in [0.25, 0.3) is 11.1 Å². The minimum atomic E-state index is -2.61. The minimum absolute atomic E-state index is 0.00542. The number of ketones is 2. The number of Topliss-reactive ketones (excluding diaryl/α,β-unsaturated/α-hetero) is 2. The van der Waals surface area contributed by atoms with E-state index in [1.807, 2.05) is 0 Å². The largest absolute Gasteiger partial charge is 0.506 e. The summed E-state index contributed by atoms with van der Waals surface area (Å²) in [5.41, 5.74) is -2.24. The molecule has 3 N–H and O–H groups in total. The maximum absolute atomic E-state index is 14.6. The van der Waals surface area contributed by atoms with Crippen molar-refractivity contribution in [2.45, 2.75) is 38.2 Å². The topological polar surface area (TPSA) is 123 Å². The van der Waals surface area contributed by atoms with Gasteiger partial charge in [0.05, 0.1) is 36.9 Å². The van der Waals surface area contributed by atoms with E-state index in [2.05, 4.69) is 0 Å². The van der Waals surface area contributed by atoms with Crippen molar-refractivity contribution in [2.75, 3.05) is 21.3 Å². The number of fused-ring (bicyclic) bond motifs is 3. The molecule has 2 aliphatic rings. The van der Waals surface area contributed by atoms with Crippen LogP contribution in [-0.4, -0.2) is 53.8 Å². The molecule has 216 valence electrons. The van der Waals surface area contributed by atoms with Gasteiger partial charge < -0.3 is 29.5 Å². The number of phenolic OH excluding ortho intramolecular Hbond substituents is 2. The van der Waals surface area contributed by atoms with Crippen molar-refractivity contribution in [1.82, 2.24) is 0 Å². The second-order valence-corrected chi connectivity index (χ2v) is 11.9. The molecule has 8 nitrogen and oxygen atoms in total. The molecule has 0 saturated heterocycles. The lowest BCUT2D eigenvalue weighted by Crippen LogP contribution is -2.64. The molecule has 0 amide bonds. The summed E-state index contributed by atoms with van der Waals surface area (Å²) in [4.78, 5) is 28.6. The van der Waals surface area contributed by atoms with Crippen molar-refractivity contribution >= 4 is 46.4 Å². The van der Waals surface area contributed by atoms with Gasteiger partial charge in [0.15, 0.2) is 5.60 Å². The number of halogens is 3. The Hall–Kier alpha value is -3.17. The van der Waals surface area contributed by atoms with Crippen molar-refractivity contribution in [2.24, 2.45) is 5.92 Å². The highest BCUT2D eigenvalue weighted by Crippen LogP contribution is 2.58. The molecule has 2 atom stereocenters. The lowest BCUT2D eigenvalue weighted by atomic mass is 9.52. The highest BCUT2D eigenvalue weighted by atomic mass is 35.5. The number of hydrogen-bond acceptors (Lipinski definition) is 8. The molecule has 11 heteroatoms. The average molecular weight is 622 g/mol. The molecular weight excluding hydrogens is 595 g/mol. The number of carbonyl (C=O) groups is 2. The average Bonchev–Trinajstić information content (AvgIpc) is 2.94. The summed E-state index contributed by atoms with van der Waals surface area (Å²) in [6.07, 6.45) is -0.0197. The van der Waals surface area contributed by atoms with Crippen LogP contribution in [0.1, 0.15) is 51.3 Å². The van der Waals surface area contributed by atoms with Gasteiger partial charge in [0, 0.05) is 28.7 Å². The highest BCUT2D eigenvalue weighted by molar-refractivity contribution is 6.37. The first kappa shape index (κ1) is 29.3. The van der Waals surface area contributed by atoms with E-state index in [0.29, 0.717) is 28.2 Å². The second kappa shape index (κ2) is 9.70. The van der Waals surface area contributed by atoms with Crippen LogP contribution in [0.4, 0.5) is 0 Å². The third kappa shape index (κ3) is 3.77. The van der Waals surface area contributed by atoms with E-state index in [1.54, 1.807) is 26.8 Å². The van der Waals surface area contributed by atoms with E-state index in [-0.39, 0.29) is 44.5 Å². The van der Waals surface area contributed by atoms with Gasteiger partial charge in [-0.2, -0.15) is 0 Å². The molecule has 0 heterocycles. The Balaban J connectivity index is 1.88. The SMILES string of the molecule is COc1cc(OC)c(-c2cc(OC)c(Cl)c3c2C(=O)[C@@]2(O)C(=O)c4c(cc(O)c(Cl)c4O)C(C)(C)[C@@H]2C3)c(C)c1Cl. The predicted octanol–water partition coefficient (Wildman–Crippen LogP) is 6.32. The Morgan fingerprint density at radius 1 is 0.805 bits per heavy atom. The summed E-state index contributed by atoms with van der Waals surface area (Å²) < 4.78 is 16.6. The number of aromatic hydroxyl groups is 2. The quantitative estimate of drug-likeness (QED) is 0.289. The highest BCUT2D eigenvalue weighted by Gasteiger charge is 2.64. The molecule has 5 rings (SSSR count). The minimum Gasteiger partial charge on any atom is -0.506 e. The van der Waals surface area contributed by atoms with Gasteiger partial charge in [-0.3, -0.25) is 9.59 Å². The van der Waals surface area contributed by atoms with Crippen molar-refractivity contribution in [3.63, 3.8) is 0 Å². The smallest absolute Gasteiger partial charge is 0.206 e. The van der Waals surface area contributed by atoms with Crippen LogP contribution in [-0.2, 0) is 11.8 Å². The lowest BCUT2D eigenvalue weighted by molar-refractivity contribution is -0.0202. The number of methoxy groups -OCH3 is 3. The molecule has 41 heavy (non-hydrogen) atoms. The van der Waals surface area contributed by atoms with Crippen molar-refractivity contribution in [3.05, 3.63) is 61.1 Å². The van der Waals surface area contributed by atoms with Crippen LogP contribution >= 0.6 is 34.8 Å². The molecular formula is C30H27Cl3O8. The van der Waals surface area contributed by atoms with Crippen molar-refractivity contribution in [1.29, 1.82) is 0 Å². The number of benzene rings is 3. The van der Waals surface area contributed by atoms with Crippen LogP contribution in [0.15, 0.2) is 18.2 Å². The first-order chi connectivity index (χ1) is 19.2. The van der Waals surface area contributed by atoms with E-state index < -0.39 is 45.0 Å². The van der Waals surface area contributed by atoms with Crippen LogP contribution in [0, 0.1) is 12.8 Å². The molecule has 0 unspecified atom stereocenters. The first-order valence-electron chi connectivity index (χ1n) is 12.6. The molecule has 3 aromatic carbocycles. The summed E-state index contributed by atoms with van der Waals surface area (Å²) in [6.45, 7) is 5.15. The van der Waals surface area contributed by atoms with Crippen LogP contribution < -0.4 is 14.2 Å². The Labute approximate surface area is 251 Å². The van der Waals surface area contributed by atoms with E-state index >= 15 is 0 Å². The third-order valence-electron chi connectivity index (χ3n) is 8.53. The van der Waals surface area contributed by atoms with Crippen molar-refractivity contribution in [3.8, 4) is 39.9 Å². The Bertz CT molecular complexity index is 1680. The molecule has 0 aliphatic heterocycles. The fourth-order valence-electron chi connectivity index (χ4n) is 6.35. The maximum atomic E-state index is 14.6. The summed E-state index contributed by atoms with van der Waals surface area (Å²) >= 11 is 19.5. The van der Waals surface area contributed by atoms with Gasteiger partial charge in [-0.25, -0.2) is 0 Å². The standard InChI is InChI=1S/C30H27Cl3O8/c1-11-20(16(39-4)10-18(41-6)23(11)31)12-7-17(40-5)24(32)13-8-19-29(2,3)14-9-15(34)25(33)26(35)22(14)28(37)30(19,38)27(36)21(12)13/h7,9-10,19,34-35,38H,8H2,1-6H3/t19-,30+/m0/s1. The molecule has 2 aliphatic carbocycles. The molecule has 0 bridgehead atoms. The van der Waals surface area contributed by atoms with Gasteiger partial charge in [0.1, 0.15) is 33.8 Å². The van der Waals surface area contributed by atoms with Gasteiger partial charge in [-0.1, -0.05) is 48.7 Å². The summed E-state index contributed by atoms with van der Waals surface area (Å²) in [6, 6.07) is 4.39. The normalized spacial score (nSPS) is 20.7. The Kier molecular flexibility index (Phi) is 6.94. The molecule has 3 aromatic rings. The number of aliphatic hydroxyl groups is 1. The monoisotopic (exact) mass is 620 g/mol. The number of hydrogen-bond donors (Lipinski definition) is 3. The third-order valence-corrected chi connectivity index (χ3v) is 9.79.